The molecule has 0 radical (unpaired) electrons. The first kappa shape index (κ1) is 31.2. The van der Waals surface area contributed by atoms with Gasteiger partial charge >= 0.3 is 12.2 Å². The van der Waals surface area contributed by atoms with Gasteiger partial charge in [-0.25, -0.2) is 9.59 Å². The second kappa shape index (κ2) is 16.1. The molecule has 1 heterocycles. The van der Waals surface area contributed by atoms with Gasteiger partial charge in [-0.3, -0.25) is 9.59 Å². The number of hydrogen-bond acceptors (Lipinski definition) is 11. The summed E-state index contributed by atoms with van der Waals surface area (Å²) in [6.07, 6.45) is 0.934. The Bertz CT molecular complexity index is 1320. The summed E-state index contributed by atoms with van der Waals surface area (Å²) >= 11 is 0. The Morgan fingerprint density at radius 2 is 1.69 bits per heavy atom. The molecule has 1 aromatic heterocycles. The van der Waals surface area contributed by atoms with Crippen LogP contribution in [-0.4, -0.2) is 76.5 Å². The van der Waals surface area contributed by atoms with E-state index in [0.717, 1.165) is 0 Å². The highest BCUT2D eigenvalue weighted by Gasteiger charge is 2.16. The monoisotopic (exact) mass is 579 g/mol. The number of carbonyl (C=O) groups is 4. The molecule has 15 heteroatoms. The highest BCUT2D eigenvalue weighted by Crippen LogP contribution is 2.16. The molecule has 3 aromatic rings. The molecule has 0 fully saturated rings. The minimum atomic E-state index is -0.631. The van der Waals surface area contributed by atoms with E-state index in [1.807, 2.05) is 0 Å². The molecule has 0 bridgehead atoms. The molecule has 1 atom stereocenters. The lowest BCUT2D eigenvalue weighted by atomic mass is 10.1. The Morgan fingerprint density at radius 1 is 1.00 bits per heavy atom. The number of nitrogens with two attached hydrogens (primary N) is 1. The lowest BCUT2D eigenvalue weighted by molar-refractivity contribution is -0.125. The fraction of sp³-hybridized carbons (Fsp3) is 0.333. The number of nitrogens with one attached hydrogen (secondary N) is 3. The first-order chi connectivity index (χ1) is 20.3. The van der Waals surface area contributed by atoms with Crippen molar-refractivity contribution in [2.75, 3.05) is 26.4 Å². The van der Waals surface area contributed by atoms with Crippen molar-refractivity contribution in [3.05, 3.63) is 59.9 Å². The van der Waals surface area contributed by atoms with Crippen LogP contribution in [0.2, 0.25) is 0 Å². The predicted molar refractivity (Wildman–Crippen MR) is 150 cm³/mol. The van der Waals surface area contributed by atoms with E-state index in [1.165, 1.54) is 19.0 Å². The van der Waals surface area contributed by atoms with Crippen molar-refractivity contribution < 1.29 is 28.7 Å². The lowest BCUT2D eigenvalue weighted by Gasteiger charge is -2.15. The minimum Gasteiger partial charge on any atom is -0.445 e. The van der Waals surface area contributed by atoms with Crippen molar-refractivity contribution in [1.29, 1.82) is 0 Å². The molecule has 0 saturated heterocycles. The van der Waals surface area contributed by atoms with Crippen LogP contribution in [-0.2, 0) is 27.5 Å². The number of amides is 4. The molecule has 3 rings (SSSR count). The van der Waals surface area contributed by atoms with Crippen LogP contribution in [0.5, 0.6) is 5.75 Å². The Labute approximate surface area is 242 Å². The summed E-state index contributed by atoms with van der Waals surface area (Å²) in [5.74, 6) is 0.601. The molecule has 0 aliphatic carbocycles. The normalized spacial score (nSPS) is 11.1. The van der Waals surface area contributed by atoms with Gasteiger partial charge in [0.15, 0.2) is 5.82 Å². The van der Waals surface area contributed by atoms with Gasteiger partial charge in [0.2, 0.25) is 18.1 Å². The van der Waals surface area contributed by atoms with E-state index in [4.69, 9.17) is 15.2 Å². The minimum absolute atomic E-state index is 0.0195. The maximum absolute atomic E-state index is 12.5. The van der Waals surface area contributed by atoms with Crippen LogP contribution in [0.4, 0.5) is 15.3 Å². The molecule has 0 aliphatic heterocycles. The van der Waals surface area contributed by atoms with Gasteiger partial charge in [-0.2, -0.15) is 0 Å². The third-order valence-corrected chi connectivity index (χ3v) is 5.90. The third kappa shape index (κ3) is 10.0. The standard InChI is InChI=1S/C27H33N9O6/c1-29-25(38)22(31-17-37)5-3-4-14-30-26(39)41-16-18-6-12-21(13-7-18)42-27(40)36(2)15-23-32-34-24(35-33-23)19-8-10-20(28)11-9-19/h6-13,17,22H,3-5,14-16,28H2,1-2H3,(H,29,38)(H,30,39)(H,31,37). The van der Waals surface area contributed by atoms with Crippen LogP contribution in [0.3, 0.4) is 0 Å². The predicted octanol–water partition coefficient (Wildman–Crippen LogP) is 1.40. The number of carbonyl (C=O) groups excluding carboxylic acids is 4. The smallest absolute Gasteiger partial charge is 0.415 e. The highest BCUT2D eigenvalue weighted by atomic mass is 16.6. The topological polar surface area (TPSA) is 204 Å². The van der Waals surface area contributed by atoms with Crippen LogP contribution >= 0.6 is 0 Å². The van der Waals surface area contributed by atoms with Gasteiger partial charge in [0.05, 0.1) is 6.54 Å². The molecule has 222 valence electrons. The van der Waals surface area contributed by atoms with Gasteiger partial charge in [0, 0.05) is 31.9 Å². The number of ether oxygens (including phenoxy) is 2. The van der Waals surface area contributed by atoms with Crippen LogP contribution in [0.1, 0.15) is 30.7 Å². The maximum atomic E-state index is 12.5. The quantitative estimate of drug-likeness (QED) is 0.122. The fourth-order valence-electron chi connectivity index (χ4n) is 3.58. The number of likely N-dealkylation sites (N-methyl/N-ethyl adjacent to an activating group) is 1. The summed E-state index contributed by atoms with van der Waals surface area (Å²) in [5, 5.41) is 23.7. The van der Waals surface area contributed by atoms with Gasteiger partial charge in [-0.1, -0.05) is 12.1 Å². The van der Waals surface area contributed by atoms with Gasteiger partial charge in [0.1, 0.15) is 18.4 Å². The largest absolute Gasteiger partial charge is 0.445 e. The van der Waals surface area contributed by atoms with Crippen LogP contribution in [0.25, 0.3) is 11.4 Å². The number of benzene rings is 2. The second-order valence-electron chi connectivity index (χ2n) is 9.08. The summed E-state index contributed by atoms with van der Waals surface area (Å²) in [4.78, 5) is 48.0. The number of aromatic nitrogens is 4. The number of hydrogen-bond donors (Lipinski definition) is 4. The van der Waals surface area contributed by atoms with E-state index in [1.54, 1.807) is 48.5 Å². The molecule has 5 N–H and O–H groups in total. The van der Waals surface area contributed by atoms with Crippen molar-refractivity contribution in [2.24, 2.45) is 0 Å². The molecule has 1 unspecified atom stereocenters. The molecule has 0 saturated carbocycles. The zero-order chi connectivity index (χ0) is 30.3. The third-order valence-electron chi connectivity index (χ3n) is 5.90. The molecule has 0 spiro atoms. The van der Waals surface area contributed by atoms with Gasteiger partial charge in [-0.15, -0.1) is 20.4 Å². The highest BCUT2D eigenvalue weighted by molar-refractivity contribution is 5.83. The molecule has 2 aromatic carbocycles. The first-order valence-corrected chi connectivity index (χ1v) is 13.0. The summed E-state index contributed by atoms with van der Waals surface area (Å²) in [7, 11) is 3.03. The summed E-state index contributed by atoms with van der Waals surface area (Å²) in [6, 6.07) is 12.9. The Hall–Kier alpha value is -5.34. The molecular formula is C27H33N9O6. The van der Waals surface area contributed by atoms with Crippen LogP contribution in [0.15, 0.2) is 48.5 Å². The first-order valence-electron chi connectivity index (χ1n) is 13.0. The number of nitrogen functional groups attached to an aromatic ring is 1. The van der Waals surface area contributed by atoms with Crippen molar-refractivity contribution in [2.45, 2.75) is 38.5 Å². The van der Waals surface area contributed by atoms with Crippen molar-refractivity contribution in [3.63, 3.8) is 0 Å². The van der Waals surface area contributed by atoms with Crippen LogP contribution < -0.4 is 26.4 Å². The number of anilines is 1. The molecule has 0 aliphatic rings. The SMILES string of the molecule is CNC(=O)C(CCCCNC(=O)OCc1ccc(OC(=O)N(C)Cc2nnc(-c3ccc(N)cc3)nn2)cc1)NC=O. The fourth-order valence-corrected chi connectivity index (χ4v) is 3.58. The van der Waals surface area contributed by atoms with E-state index in [2.05, 4.69) is 36.3 Å². The second-order valence-corrected chi connectivity index (χ2v) is 9.08. The van der Waals surface area contributed by atoms with Crippen molar-refractivity contribution >= 4 is 30.2 Å². The van der Waals surface area contributed by atoms with E-state index in [9.17, 15) is 19.2 Å². The maximum Gasteiger partial charge on any atom is 0.415 e. The average Bonchev–Trinajstić information content (AvgIpc) is 3.00. The Kier molecular flexibility index (Phi) is 11.9. The number of nitrogens with zero attached hydrogens (tertiary/aromatic N) is 5. The number of alkyl carbamates (subject to hydrolysis) is 1. The average molecular weight is 580 g/mol. The molecule has 42 heavy (non-hydrogen) atoms. The zero-order valence-electron chi connectivity index (χ0n) is 23.3. The van der Waals surface area contributed by atoms with Crippen molar-refractivity contribution in [3.8, 4) is 17.1 Å². The summed E-state index contributed by atoms with van der Waals surface area (Å²) < 4.78 is 10.6. The lowest BCUT2D eigenvalue weighted by Crippen LogP contribution is -2.42. The summed E-state index contributed by atoms with van der Waals surface area (Å²) in [5.41, 5.74) is 7.71. The van der Waals surface area contributed by atoms with E-state index in [0.29, 0.717) is 60.6 Å². The molecule has 15 nitrogen and oxygen atoms in total. The van der Waals surface area contributed by atoms with Gasteiger partial charge in [-0.05, 0) is 61.2 Å². The van der Waals surface area contributed by atoms with E-state index >= 15 is 0 Å². The number of rotatable bonds is 14. The molecule has 4 amide bonds. The van der Waals surface area contributed by atoms with E-state index < -0.39 is 18.2 Å². The molecular weight excluding hydrogens is 546 g/mol. The summed E-state index contributed by atoms with van der Waals surface area (Å²) in [6.45, 7) is 0.407. The van der Waals surface area contributed by atoms with Gasteiger partial charge in [0.25, 0.3) is 0 Å². The Balaban J connectivity index is 1.35. The van der Waals surface area contributed by atoms with E-state index in [-0.39, 0.29) is 24.9 Å². The van der Waals surface area contributed by atoms with Gasteiger partial charge < -0.3 is 36.1 Å². The van der Waals surface area contributed by atoms with Crippen LogP contribution in [0, 0.1) is 0 Å². The van der Waals surface area contributed by atoms with Crippen molar-refractivity contribution in [1.82, 2.24) is 41.2 Å². The number of unbranched alkanes of at least 4 members (excludes halogenated alkanes) is 1. The Morgan fingerprint density at radius 3 is 2.33 bits per heavy atom. The zero-order valence-corrected chi connectivity index (χ0v) is 23.3.